The molecule has 1 amide bonds. The summed E-state index contributed by atoms with van der Waals surface area (Å²) in [5.41, 5.74) is -0.518. The molecule has 2 heterocycles. The van der Waals surface area contributed by atoms with Gasteiger partial charge in [0.25, 0.3) is 0 Å². The summed E-state index contributed by atoms with van der Waals surface area (Å²) in [6.45, 7) is 6.04. The molecule has 1 aliphatic heterocycles. The number of hydrogen-bond donors (Lipinski definition) is 1. The first-order valence-electron chi connectivity index (χ1n) is 6.40. The zero-order valence-electron chi connectivity index (χ0n) is 11.5. The second-order valence-corrected chi connectivity index (χ2v) is 6.70. The van der Waals surface area contributed by atoms with E-state index in [0.29, 0.717) is 6.54 Å². The Kier molecular flexibility index (Phi) is 4.10. The van der Waals surface area contributed by atoms with E-state index in [4.69, 9.17) is 4.74 Å². The molecular formula is C13H20N2O3S. The molecule has 1 saturated heterocycles. The van der Waals surface area contributed by atoms with Crippen LogP contribution in [0.15, 0.2) is 11.6 Å². The molecule has 0 aromatic carbocycles. The number of amides is 1. The van der Waals surface area contributed by atoms with E-state index in [9.17, 15) is 9.90 Å². The molecule has 0 radical (unpaired) electrons. The Balaban J connectivity index is 2.06. The molecule has 0 saturated carbocycles. The van der Waals surface area contributed by atoms with Gasteiger partial charge in [0.05, 0.1) is 17.7 Å². The SMILES string of the molecule is CC(C)(C)OC(=O)N1C[C@@H](c2nccs2)C[C@H]1CO. The minimum Gasteiger partial charge on any atom is -0.444 e. The molecule has 6 heteroatoms. The number of nitrogens with zero attached hydrogens (tertiary/aromatic N) is 2. The van der Waals surface area contributed by atoms with Gasteiger partial charge < -0.3 is 14.7 Å². The number of aromatic nitrogens is 1. The largest absolute Gasteiger partial charge is 0.444 e. The molecule has 1 aromatic rings. The van der Waals surface area contributed by atoms with Gasteiger partial charge in [0.2, 0.25) is 0 Å². The molecular weight excluding hydrogens is 264 g/mol. The molecule has 19 heavy (non-hydrogen) atoms. The summed E-state index contributed by atoms with van der Waals surface area (Å²) in [6.07, 6.45) is 2.15. The molecule has 1 aromatic heterocycles. The summed E-state index contributed by atoms with van der Waals surface area (Å²) < 4.78 is 5.38. The van der Waals surface area contributed by atoms with Crippen molar-refractivity contribution in [2.45, 2.75) is 44.8 Å². The maximum absolute atomic E-state index is 12.1. The summed E-state index contributed by atoms with van der Waals surface area (Å²) in [7, 11) is 0. The van der Waals surface area contributed by atoms with Crippen LogP contribution in [0, 0.1) is 0 Å². The standard InChI is InChI=1S/C13H20N2O3S/c1-13(2,3)18-12(17)15-7-9(6-10(15)8-16)11-14-4-5-19-11/h4-5,9-10,16H,6-8H2,1-3H3/t9-,10-/m0/s1. The van der Waals surface area contributed by atoms with E-state index in [2.05, 4.69) is 4.98 Å². The zero-order chi connectivity index (χ0) is 14.0. The van der Waals surface area contributed by atoms with Gasteiger partial charge in [-0.05, 0) is 27.2 Å². The highest BCUT2D eigenvalue weighted by Crippen LogP contribution is 2.33. The summed E-state index contributed by atoms with van der Waals surface area (Å²) in [5.74, 6) is 0.199. The maximum atomic E-state index is 12.1. The van der Waals surface area contributed by atoms with Crippen molar-refractivity contribution in [2.75, 3.05) is 13.2 Å². The lowest BCUT2D eigenvalue weighted by atomic mass is 10.1. The summed E-state index contributed by atoms with van der Waals surface area (Å²) in [4.78, 5) is 18.0. The van der Waals surface area contributed by atoms with Gasteiger partial charge in [-0.25, -0.2) is 9.78 Å². The normalized spacial score (nSPS) is 23.7. The van der Waals surface area contributed by atoms with Crippen LogP contribution in [0.4, 0.5) is 4.79 Å². The second kappa shape index (κ2) is 5.46. The average Bonchev–Trinajstić information content (AvgIpc) is 2.95. The van der Waals surface area contributed by atoms with Crippen molar-refractivity contribution in [3.05, 3.63) is 16.6 Å². The van der Waals surface area contributed by atoms with E-state index in [0.717, 1.165) is 11.4 Å². The van der Waals surface area contributed by atoms with E-state index in [-0.39, 0.29) is 24.7 Å². The van der Waals surface area contributed by atoms with Crippen LogP contribution in [0.5, 0.6) is 0 Å². The van der Waals surface area contributed by atoms with Gasteiger partial charge in [-0.2, -0.15) is 0 Å². The van der Waals surface area contributed by atoms with E-state index < -0.39 is 5.60 Å². The number of likely N-dealkylation sites (tertiary alicyclic amines) is 1. The van der Waals surface area contributed by atoms with Crippen molar-refractivity contribution >= 4 is 17.4 Å². The Morgan fingerprint density at radius 3 is 2.89 bits per heavy atom. The van der Waals surface area contributed by atoms with Gasteiger partial charge in [0, 0.05) is 24.0 Å². The number of hydrogen-bond acceptors (Lipinski definition) is 5. The van der Waals surface area contributed by atoms with E-state index in [1.165, 1.54) is 0 Å². The monoisotopic (exact) mass is 284 g/mol. The number of thiazole rings is 1. The Morgan fingerprint density at radius 2 is 2.37 bits per heavy atom. The van der Waals surface area contributed by atoms with Crippen molar-refractivity contribution in [3.63, 3.8) is 0 Å². The quantitative estimate of drug-likeness (QED) is 0.904. The predicted molar refractivity (Wildman–Crippen MR) is 73.3 cm³/mol. The molecule has 0 spiro atoms. The Labute approximate surface area is 117 Å². The fourth-order valence-corrected chi connectivity index (χ4v) is 3.00. The van der Waals surface area contributed by atoms with Crippen LogP contribution in [-0.2, 0) is 4.74 Å². The fourth-order valence-electron chi connectivity index (χ4n) is 2.25. The molecule has 1 aliphatic rings. The minimum absolute atomic E-state index is 0.0406. The number of aliphatic hydroxyl groups excluding tert-OH is 1. The second-order valence-electron chi connectivity index (χ2n) is 5.77. The molecule has 0 aliphatic carbocycles. The molecule has 1 fully saturated rings. The van der Waals surface area contributed by atoms with Crippen LogP contribution >= 0.6 is 11.3 Å². The van der Waals surface area contributed by atoms with Gasteiger partial charge in [-0.15, -0.1) is 11.3 Å². The molecule has 2 rings (SSSR count). The van der Waals surface area contributed by atoms with Crippen LogP contribution in [0.2, 0.25) is 0 Å². The third-order valence-electron chi connectivity index (χ3n) is 3.05. The van der Waals surface area contributed by atoms with Gasteiger partial charge >= 0.3 is 6.09 Å². The highest BCUT2D eigenvalue weighted by atomic mass is 32.1. The van der Waals surface area contributed by atoms with Crippen molar-refractivity contribution < 1.29 is 14.6 Å². The highest BCUT2D eigenvalue weighted by Gasteiger charge is 2.38. The van der Waals surface area contributed by atoms with Crippen molar-refractivity contribution in [1.29, 1.82) is 0 Å². The van der Waals surface area contributed by atoms with E-state index in [1.807, 2.05) is 26.2 Å². The highest BCUT2D eigenvalue weighted by molar-refractivity contribution is 7.09. The number of aliphatic hydroxyl groups is 1. The summed E-state index contributed by atoms with van der Waals surface area (Å²) in [6, 6.07) is -0.177. The molecule has 0 bridgehead atoms. The first kappa shape index (κ1) is 14.3. The summed E-state index contributed by atoms with van der Waals surface area (Å²) >= 11 is 1.59. The van der Waals surface area contributed by atoms with Crippen molar-refractivity contribution in [2.24, 2.45) is 0 Å². The zero-order valence-corrected chi connectivity index (χ0v) is 12.3. The molecule has 2 atom stereocenters. The number of rotatable bonds is 2. The third-order valence-corrected chi connectivity index (χ3v) is 3.99. The predicted octanol–water partition coefficient (Wildman–Crippen LogP) is 2.23. The van der Waals surface area contributed by atoms with Crippen molar-refractivity contribution in [3.8, 4) is 0 Å². The summed E-state index contributed by atoms with van der Waals surface area (Å²) in [5, 5.41) is 12.4. The Bertz CT molecular complexity index is 428. The lowest BCUT2D eigenvalue weighted by molar-refractivity contribution is 0.0174. The minimum atomic E-state index is -0.518. The average molecular weight is 284 g/mol. The van der Waals surface area contributed by atoms with Crippen LogP contribution in [0.3, 0.4) is 0 Å². The number of carbonyl (C=O) groups excluding carboxylic acids is 1. The third kappa shape index (κ3) is 3.45. The maximum Gasteiger partial charge on any atom is 0.410 e. The Hall–Kier alpha value is -1.14. The van der Waals surface area contributed by atoms with Crippen LogP contribution < -0.4 is 0 Å². The fraction of sp³-hybridized carbons (Fsp3) is 0.692. The van der Waals surface area contributed by atoms with Gasteiger partial charge in [-0.1, -0.05) is 0 Å². The number of ether oxygens (including phenoxy) is 1. The van der Waals surface area contributed by atoms with Crippen LogP contribution in [0.1, 0.15) is 38.1 Å². The molecule has 106 valence electrons. The van der Waals surface area contributed by atoms with Gasteiger partial charge in [-0.3, -0.25) is 0 Å². The first-order valence-corrected chi connectivity index (χ1v) is 7.28. The Morgan fingerprint density at radius 1 is 1.63 bits per heavy atom. The molecule has 1 N–H and O–H groups in total. The van der Waals surface area contributed by atoms with Crippen LogP contribution in [0.25, 0.3) is 0 Å². The molecule has 0 unspecified atom stereocenters. The van der Waals surface area contributed by atoms with Gasteiger partial charge in [0.1, 0.15) is 5.60 Å². The lowest BCUT2D eigenvalue weighted by Gasteiger charge is -2.27. The molecule has 5 nitrogen and oxygen atoms in total. The first-order chi connectivity index (χ1) is 8.90. The van der Waals surface area contributed by atoms with Gasteiger partial charge in [0.15, 0.2) is 0 Å². The number of carbonyl (C=O) groups is 1. The van der Waals surface area contributed by atoms with E-state index >= 15 is 0 Å². The van der Waals surface area contributed by atoms with Crippen molar-refractivity contribution in [1.82, 2.24) is 9.88 Å². The van der Waals surface area contributed by atoms with Crippen LogP contribution in [-0.4, -0.2) is 45.9 Å². The topological polar surface area (TPSA) is 62.7 Å². The lowest BCUT2D eigenvalue weighted by Crippen LogP contribution is -2.41. The van der Waals surface area contributed by atoms with E-state index in [1.54, 1.807) is 22.4 Å². The smallest absolute Gasteiger partial charge is 0.410 e.